The lowest BCUT2D eigenvalue weighted by atomic mass is 10.2. The first-order valence-electron chi connectivity index (χ1n) is 10.9. The Morgan fingerprint density at radius 1 is 1.00 bits per heavy atom. The van der Waals surface area contributed by atoms with Crippen LogP contribution in [0, 0.1) is 13.8 Å². The summed E-state index contributed by atoms with van der Waals surface area (Å²) in [5.41, 5.74) is 4.89. The summed E-state index contributed by atoms with van der Waals surface area (Å²) < 4.78 is 4.53. The normalized spacial score (nSPS) is 11.1. The number of amides is 1. The molecule has 0 saturated heterocycles. The lowest BCUT2D eigenvalue weighted by molar-refractivity contribution is 0.102. The van der Waals surface area contributed by atoms with Gasteiger partial charge in [-0.25, -0.2) is 4.68 Å². The average Bonchev–Trinajstić information content (AvgIpc) is 3.58. The van der Waals surface area contributed by atoms with Gasteiger partial charge >= 0.3 is 0 Å². The molecule has 1 amide bonds. The zero-order chi connectivity index (χ0) is 24.4. The third-order valence-electron chi connectivity index (χ3n) is 5.44. The van der Waals surface area contributed by atoms with Gasteiger partial charge in [0.05, 0.1) is 22.4 Å². The molecule has 0 aliphatic rings. The fourth-order valence-electron chi connectivity index (χ4n) is 3.64. The molecule has 0 radical (unpaired) electrons. The zero-order valence-electron chi connectivity index (χ0n) is 19.1. The van der Waals surface area contributed by atoms with Crippen molar-refractivity contribution in [3.05, 3.63) is 94.0 Å². The first-order chi connectivity index (χ1) is 17.0. The molecule has 3 heterocycles. The number of hydrogen-bond acceptors (Lipinski definition) is 6. The van der Waals surface area contributed by atoms with E-state index in [0.29, 0.717) is 23.8 Å². The second-order valence-electron chi connectivity index (χ2n) is 8.03. The predicted molar refractivity (Wildman–Crippen MR) is 134 cm³/mol. The van der Waals surface area contributed by atoms with Crippen LogP contribution in [0.1, 0.15) is 27.4 Å². The second-order valence-corrected chi connectivity index (χ2v) is 8.82. The van der Waals surface area contributed by atoms with E-state index in [1.807, 2.05) is 73.1 Å². The maximum atomic E-state index is 12.8. The van der Waals surface area contributed by atoms with Crippen molar-refractivity contribution in [2.75, 3.05) is 5.32 Å². The lowest BCUT2D eigenvalue weighted by Crippen LogP contribution is -2.16. The molecule has 176 valence electrons. The molecule has 0 saturated carbocycles. The maximum absolute atomic E-state index is 12.8. The molecule has 5 aromatic rings. The van der Waals surface area contributed by atoms with Crippen molar-refractivity contribution in [3.8, 4) is 11.4 Å². The number of carbonyl (C=O) groups is 1. The van der Waals surface area contributed by atoms with Crippen LogP contribution in [-0.2, 0) is 13.2 Å². The average molecular weight is 532 g/mol. The minimum absolute atomic E-state index is 0.237. The van der Waals surface area contributed by atoms with E-state index in [0.717, 1.165) is 27.0 Å². The molecule has 10 nitrogen and oxygen atoms in total. The quantitative estimate of drug-likeness (QED) is 0.341. The standard InChI is InChI=1S/C24H22BrN9O/c1-16-22(25)17(2)33(28-16)14-18-7-6-10-20(13-18)26-24(35)21-11-12-32(29-21)15-34-30-23(27-31-34)19-8-4-3-5-9-19/h3-13H,14-15H2,1-2H3,(H,26,35). The largest absolute Gasteiger partial charge is 0.321 e. The van der Waals surface area contributed by atoms with Gasteiger partial charge in [-0.1, -0.05) is 42.5 Å². The minimum Gasteiger partial charge on any atom is -0.321 e. The Balaban J connectivity index is 1.23. The van der Waals surface area contributed by atoms with E-state index < -0.39 is 0 Å². The van der Waals surface area contributed by atoms with Crippen LogP contribution < -0.4 is 5.32 Å². The van der Waals surface area contributed by atoms with Gasteiger partial charge in [0, 0.05) is 17.4 Å². The number of hydrogen-bond donors (Lipinski definition) is 1. The SMILES string of the molecule is Cc1nn(Cc2cccc(NC(=O)c3ccn(Cn4nnc(-c5ccccc5)n4)n3)c2)c(C)c1Br. The van der Waals surface area contributed by atoms with E-state index in [1.54, 1.807) is 16.9 Å². The van der Waals surface area contributed by atoms with Crippen molar-refractivity contribution in [1.29, 1.82) is 0 Å². The summed E-state index contributed by atoms with van der Waals surface area (Å²) in [5, 5.41) is 24.4. The number of anilines is 1. The van der Waals surface area contributed by atoms with Crippen LogP contribution in [0.25, 0.3) is 11.4 Å². The van der Waals surface area contributed by atoms with Crippen LogP contribution in [0.2, 0.25) is 0 Å². The second kappa shape index (κ2) is 9.63. The van der Waals surface area contributed by atoms with Gasteiger partial charge < -0.3 is 5.32 Å². The Bertz CT molecular complexity index is 1490. The number of nitrogens with one attached hydrogen (secondary N) is 1. The van der Waals surface area contributed by atoms with Gasteiger partial charge in [-0.2, -0.15) is 10.2 Å². The number of tetrazole rings is 1. The van der Waals surface area contributed by atoms with Gasteiger partial charge in [0.2, 0.25) is 5.82 Å². The highest BCUT2D eigenvalue weighted by Crippen LogP contribution is 2.21. The highest BCUT2D eigenvalue weighted by atomic mass is 79.9. The van der Waals surface area contributed by atoms with Crippen LogP contribution in [0.3, 0.4) is 0 Å². The number of aromatic nitrogens is 8. The number of rotatable bonds is 7. The molecule has 0 fully saturated rings. The zero-order valence-corrected chi connectivity index (χ0v) is 20.7. The Morgan fingerprint density at radius 3 is 2.60 bits per heavy atom. The third-order valence-corrected chi connectivity index (χ3v) is 6.59. The Hall–Kier alpha value is -4.12. The minimum atomic E-state index is -0.300. The molecule has 0 spiro atoms. The van der Waals surface area contributed by atoms with Crippen LogP contribution in [0.15, 0.2) is 71.3 Å². The van der Waals surface area contributed by atoms with Gasteiger partial charge in [0.1, 0.15) is 0 Å². The van der Waals surface area contributed by atoms with E-state index in [4.69, 9.17) is 0 Å². The molecule has 11 heteroatoms. The number of nitrogens with zero attached hydrogens (tertiary/aromatic N) is 8. The summed E-state index contributed by atoms with van der Waals surface area (Å²) in [4.78, 5) is 14.2. The van der Waals surface area contributed by atoms with Gasteiger partial charge in [0.15, 0.2) is 12.4 Å². The van der Waals surface area contributed by atoms with Gasteiger partial charge in [-0.15, -0.1) is 15.0 Å². The van der Waals surface area contributed by atoms with Crippen molar-refractivity contribution in [1.82, 2.24) is 39.8 Å². The van der Waals surface area contributed by atoms with Crippen molar-refractivity contribution in [3.63, 3.8) is 0 Å². The number of carbonyl (C=O) groups excluding carboxylic acids is 1. The molecule has 0 atom stereocenters. The van der Waals surface area contributed by atoms with Crippen molar-refractivity contribution in [2.45, 2.75) is 27.1 Å². The van der Waals surface area contributed by atoms with Crippen molar-refractivity contribution >= 4 is 27.5 Å². The van der Waals surface area contributed by atoms with Crippen LogP contribution >= 0.6 is 15.9 Å². The molecule has 1 N–H and O–H groups in total. The molecule has 2 aromatic carbocycles. The summed E-state index contributed by atoms with van der Waals surface area (Å²) in [7, 11) is 0. The van der Waals surface area contributed by atoms with E-state index in [9.17, 15) is 4.79 Å². The molecule has 35 heavy (non-hydrogen) atoms. The van der Waals surface area contributed by atoms with Crippen molar-refractivity contribution in [2.24, 2.45) is 0 Å². The Labute approximate surface area is 209 Å². The molecule has 0 aliphatic heterocycles. The molecule has 0 unspecified atom stereocenters. The molecule has 0 aliphatic carbocycles. The molecular formula is C24H22BrN9O. The summed E-state index contributed by atoms with van der Waals surface area (Å²) in [6, 6.07) is 19.0. The van der Waals surface area contributed by atoms with Crippen LogP contribution in [-0.4, -0.2) is 45.7 Å². The van der Waals surface area contributed by atoms with Crippen molar-refractivity contribution < 1.29 is 4.79 Å². The topological polar surface area (TPSA) is 108 Å². The highest BCUT2D eigenvalue weighted by Gasteiger charge is 2.13. The summed E-state index contributed by atoms with van der Waals surface area (Å²) >= 11 is 3.56. The van der Waals surface area contributed by atoms with E-state index >= 15 is 0 Å². The number of benzene rings is 2. The summed E-state index contributed by atoms with van der Waals surface area (Å²) in [6.45, 7) is 4.82. The van der Waals surface area contributed by atoms with Gasteiger partial charge in [0.25, 0.3) is 5.91 Å². The Kier molecular flexibility index (Phi) is 6.23. The first kappa shape index (κ1) is 22.7. The molecule has 3 aromatic heterocycles. The van der Waals surface area contributed by atoms with E-state index in [1.165, 1.54) is 4.80 Å². The number of halogens is 1. The van der Waals surface area contributed by atoms with Crippen LogP contribution in [0.5, 0.6) is 0 Å². The van der Waals surface area contributed by atoms with E-state index in [-0.39, 0.29) is 12.6 Å². The van der Waals surface area contributed by atoms with Gasteiger partial charge in [-0.3, -0.25) is 9.48 Å². The maximum Gasteiger partial charge on any atom is 0.276 e. The smallest absolute Gasteiger partial charge is 0.276 e. The predicted octanol–water partition coefficient (Wildman–Crippen LogP) is 3.92. The number of aryl methyl sites for hydroxylation is 1. The summed E-state index contributed by atoms with van der Waals surface area (Å²) in [6.07, 6.45) is 1.71. The Morgan fingerprint density at radius 2 is 1.83 bits per heavy atom. The first-order valence-corrected chi connectivity index (χ1v) is 11.7. The lowest BCUT2D eigenvalue weighted by Gasteiger charge is -2.08. The summed E-state index contributed by atoms with van der Waals surface area (Å²) in [5.74, 6) is 0.231. The fraction of sp³-hybridized carbons (Fsp3) is 0.167. The third kappa shape index (κ3) is 5.04. The van der Waals surface area contributed by atoms with E-state index in [2.05, 4.69) is 46.9 Å². The molecule has 0 bridgehead atoms. The molecular weight excluding hydrogens is 510 g/mol. The highest BCUT2D eigenvalue weighted by molar-refractivity contribution is 9.10. The fourth-order valence-corrected chi connectivity index (χ4v) is 3.93. The monoisotopic (exact) mass is 531 g/mol. The van der Waals surface area contributed by atoms with Gasteiger partial charge in [-0.05, 0) is 58.8 Å². The van der Waals surface area contributed by atoms with Crippen LogP contribution in [0.4, 0.5) is 5.69 Å². The molecule has 5 rings (SSSR count).